The molecule has 112 valence electrons. The van der Waals surface area contributed by atoms with Gasteiger partial charge in [-0.15, -0.1) is 12.4 Å². The second-order valence-corrected chi connectivity index (χ2v) is 5.42. The predicted octanol–water partition coefficient (Wildman–Crippen LogP) is 2.63. The van der Waals surface area contributed by atoms with E-state index in [1.807, 2.05) is 23.1 Å². The third-order valence-electron chi connectivity index (χ3n) is 4.03. The molecule has 3 nitrogen and oxygen atoms in total. The Morgan fingerprint density at radius 1 is 1.30 bits per heavy atom. The van der Waals surface area contributed by atoms with E-state index in [1.54, 1.807) is 0 Å². The van der Waals surface area contributed by atoms with Gasteiger partial charge >= 0.3 is 0 Å². The van der Waals surface area contributed by atoms with Gasteiger partial charge in [-0.2, -0.15) is 0 Å². The van der Waals surface area contributed by atoms with Crippen LogP contribution in [-0.4, -0.2) is 29.9 Å². The fourth-order valence-electron chi connectivity index (χ4n) is 2.83. The summed E-state index contributed by atoms with van der Waals surface area (Å²) in [6.07, 6.45) is 3.74. The minimum absolute atomic E-state index is 0. The Morgan fingerprint density at radius 2 is 2.00 bits per heavy atom. The molecule has 0 aliphatic heterocycles. The zero-order valence-corrected chi connectivity index (χ0v) is 12.9. The number of rotatable bonds is 5. The van der Waals surface area contributed by atoms with Crippen LogP contribution in [0, 0.1) is 5.92 Å². The van der Waals surface area contributed by atoms with Crippen LogP contribution in [0.5, 0.6) is 0 Å². The molecule has 20 heavy (non-hydrogen) atoms. The quantitative estimate of drug-likeness (QED) is 0.908. The van der Waals surface area contributed by atoms with Crippen molar-refractivity contribution in [3.63, 3.8) is 0 Å². The van der Waals surface area contributed by atoms with Gasteiger partial charge in [-0.25, -0.2) is 0 Å². The smallest absolute Gasteiger partial charge is 0.225 e. The number of hydrogen-bond donors (Lipinski definition) is 1. The zero-order chi connectivity index (χ0) is 13.7. The number of nitrogens with two attached hydrogens (primary N) is 1. The Labute approximate surface area is 127 Å². The molecule has 1 amide bonds. The first kappa shape index (κ1) is 17.0. The van der Waals surface area contributed by atoms with E-state index >= 15 is 0 Å². The van der Waals surface area contributed by atoms with Crippen molar-refractivity contribution >= 4 is 18.3 Å². The molecule has 2 rings (SSSR count). The van der Waals surface area contributed by atoms with E-state index in [1.165, 1.54) is 5.56 Å². The molecule has 1 fully saturated rings. The minimum Gasteiger partial charge on any atom is -0.342 e. The van der Waals surface area contributed by atoms with Crippen molar-refractivity contribution in [3.05, 3.63) is 35.9 Å². The van der Waals surface area contributed by atoms with Gasteiger partial charge in [0.2, 0.25) is 5.91 Å². The van der Waals surface area contributed by atoms with Gasteiger partial charge in [0.1, 0.15) is 0 Å². The van der Waals surface area contributed by atoms with Gasteiger partial charge in [0, 0.05) is 25.0 Å². The number of nitrogens with zero attached hydrogens (tertiary/aromatic N) is 1. The highest BCUT2D eigenvalue weighted by Crippen LogP contribution is 2.26. The topological polar surface area (TPSA) is 46.3 Å². The molecule has 0 aromatic heterocycles. The summed E-state index contributed by atoms with van der Waals surface area (Å²) in [4.78, 5) is 14.4. The van der Waals surface area contributed by atoms with Crippen LogP contribution in [0.25, 0.3) is 0 Å². The number of benzene rings is 1. The van der Waals surface area contributed by atoms with Crippen molar-refractivity contribution in [1.82, 2.24) is 4.90 Å². The lowest BCUT2D eigenvalue weighted by atomic mass is 10.1. The molecule has 1 aromatic carbocycles. The first-order valence-electron chi connectivity index (χ1n) is 7.29. The first-order chi connectivity index (χ1) is 9.20. The Bertz CT molecular complexity index is 410. The molecule has 2 N–H and O–H groups in total. The van der Waals surface area contributed by atoms with Crippen molar-refractivity contribution in [2.75, 3.05) is 13.1 Å². The van der Waals surface area contributed by atoms with Gasteiger partial charge in [0.25, 0.3) is 0 Å². The average molecular weight is 297 g/mol. The summed E-state index contributed by atoms with van der Waals surface area (Å²) >= 11 is 0. The number of amides is 1. The van der Waals surface area contributed by atoms with Gasteiger partial charge in [0.15, 0.2) is 0 Å². The maximum atomic E-state index is 12.4. The monoisotopic (exact) mass is 296 g/mol. The van der Waals surface area contributed by atoms with E-state index < -0.39 is 0 Å². The van der Waals surface area contributed by atoms with Crippen LogP contribution in [0.15, 0.2) is 30.3 Å². The first-order valence-corrected chi connectivity index (χ1v) is 7.29. The molecule has 0 bridgehead atoms. The fraction of sp³-hybridized carbons (Fsp3) is 0.562. The van der Waals surface area contributed by atoms with Gasteiger partial charge in [-0.1, -0.05) is 30.3 Å². The van der Waals surface area contributed by atoms with E-state index in [0.29, 0.717) is 5.91 Å². The van der Waals surface area contributed by atoms with Crippen molar-refractivity contribution in [1.29, 1.82) is 0 Å². The average Bonchev–Trinajstić information content (AvgIpc) is 2.87. The van der Waals surface area contributed by atoms with E-state index in [0.717, 1.165) is 38.8 Å². The third kappa shape index (κ3) is 4.50. The molecule has 0 radical (unpaired) electrons. The highest BCUT2D eigenvalue weighted by Gasteiger charge is 2.30. The molecular weight excluding hydrogens is 272 g/mol. The summed E-state index contributed by atoms with van der Waals surface area (Å²) in [7, 11) is 0. The number of halogens is 1. The van der Waals surface area contributed by atoms with Gasteiger partial charge in [-0.3, -0.25) is 4.79 Å². The van der Waals surface area contributed by atoms with Gasteiger partial charge in [0.05, 0.1) is 0 Å². The maximum absolute atomic E-state index is 12.4. The molecule has 1 aliphatic carbocycles. The molecule has 1 aliphatic rings. The Balaban J connectivity index is 0.00000200. The van der Waals surface area contributed by atoms with Crippen LogP contribution in [0.2, 0.25) is 0 Å². The van der Waals surface area contributed by atoms with Crippen LogP contribution in [0.1, 0.15) is 31.7 Å². The fourth-order valence-corrected chi connectivity index (χ4v) is 2.83. The van der Waals surface area contributed by atoms with Crippen LogP contribution < -0.4 is 5.73 Å². The van der Waals surface area contributed by atoms with Crippen molar-refractivity contribution < 1.29 is 4.79 Å². The molecule has 4 heteroatoms. The van der Waals surface area contributed by atoms with Crippen LogP contribution in [0.4, 0.5) is 0 Å². The predicted molar refractivity (Wildman–Crippen MR) is 85.0 cm³/mol. The van der Waals surface area contributed by atoms with E-state index in [-0.39, 0.29) is 24.4 Å². The number of hydrogen-bond acceptors (Lipinski definition) is 2. The lowest BCUT2D eigenvalue weighted by molar-refractivity contribution is -0.135. The van der Waals surface area contributed by atoms with Crippen molar-refractivity contribution in [2.45, 2.75) is 38.6 Å². The third-order valence-corrected chi connectivity index (χ3v) is 4.03. The standard InChI is InChI=1S/C16H24N2O.ClH/c1-2-18(11-10-13-6-4-3-5-7-13)16(19)14-8-9-15(17)12-14;/h3-7,14-15H,2,8-12,17H2,1H3;1H. The maximum Gasteiger partial charge on any atom is 0.225 e. The molecule has 0 saturated heterocycles. The van der Waals surface area contributed by atoms with Gasteiger partial charge in [-0.05, 0) is 38.2 Å². The number of carbonyl (C=O) groups is 1. The Hall–Kier alpha value is -1.06. The van der Waals surface area contributed by atoms with Crippen molar-refractivity contribution in [3.8, 4) is 0 Å². The second-order valence-electron chi connectivity index (χ2n) is 5.42. The molecule has 0 spiro atoms. The zero-order valence-electron chi connectivity index (χ0n) is 12.1. The van der Waals surface area contributed by atoms with Gasteiger partial charge < -0.3 is 10.6 Å². The normalized spacial score (nSPS) is 21.3. The lowest BCUT2D eigenvalue weighted by Gasteiger charge is -2.24. The van der Waals surface area contributed by atoms with Crippen LogP contribution >= 0.6 is 12.4 Å². The molecule has 1 aromatic rings. The summed E-state index contributed by atoms with van der Waals surface area (Å²) in [6, 6.07) is 10.6. The molecule has 2 atom stereocenters. The van der Waals surface area contributed by atoms with E-state index in [4.69, 9.17) is 5.73 Å². The van der Waals surface area contributed by atoms with Crippen LogP contribution in [-0.2, 0) is 11.2 Å². The Kier molecular flexibility index (Phi) is 7.03. The molecular formula is C16H25ClN2O. The summed E-state index contributed by atoms with van der Waals surface area (Å²) in [5, 5.41) is 0. The van der Waals surface area contributed by atoms with E-state index in [9.17, 15) is 4.79 Å². The molecule has 1 saturated carbocycles. The Morgan fingerprint density at radius 3 is 2.55 bits per heavy atom. The SMILES string of the molecule is CCN(CCc1ccccc1)C(=O)C1CCC(N)C1.Cl. The number of likely N-dealkylation sites (N-methyl/N-ethyl adjacent to an activating group) is 1. The highest BCUT2D eigenvalue weighted by atomic mass is 35.5. The second kappa shape index (κ2) is 8.28. The number of carbonyl (C=O) groups excluding carboxylic acids is 1. The lowest BCUT2D eigenvalue weighted by Crippen LogP contribution is -2.37. The largest absolute Gasteiger partial charge is 0.342 e. The van der Waals surface area contributed by atoms with E-state index in [2.05, 4.69) is 19.1 Å². The summed E-state index contributed by atoms with van der Waals surface area (Å²) < 4.78 is 0. The molecule has 0 heterocycles. The summed E-state index contributed by atoms with van der Waals surface area (Å²) in [5.41, 5.74) is 7.19. The summed E-state index contributed by atoms with van der Waals surface area (Å²) in [5.74, 6) is 0.456. The van der Waals surface area contributed by atoms with Crippen molar-refractivity contribution in [2.24, 2.45) is 11.7 Å². The highest BCUT2D eigenvalue weighted by molar-refractivity contribution is 5.85. The summed E-state index contributed by atoms with van der Waals surface area (Å²) in [6.45, 7) is 3.65. The minimum atomic E-state index is 0. The van der Waals surface area contributed by atoms with Crippen LogP contribution in [0.3, 0.4) is 0 Å². The molecule has 2 unspecified atom stereocenters.